The molecular formula is C44H65N5O8S. The fourth-order valence-corrected chi connectivity index (χ4v) is 6.99. The van der Waals surface area contributed by atoms with Gasteiger partial charge >= 0.3 is 11.9 Å². The summed E-state index contributed by atoms with van der Waals surface area (Å²) in [5, 5.41) is 46.5. The van der Waals surface area contributed by atoms with Crippen LogP contribution in [0.1, 0.15) is 118 Å². The highest BCUT2D eigenvalue weighted by Gasteiger charge is 2.21. The number of allylic oxidation sites excluding steroid dienone is 2. The second kappa shape index (κ2) is 31.8. The van der Waals surface area contributed by atoms with E-state index < -0.39 is 17.9 Å². The lowest BCUT2D eigenvalue weighted by Crippen LogP contribution is -2.31. The van der Waals surface area contributed by atoms with Crippen LogP contribution in [-0.4, -0.2) is 88.1 Å². The average molecular weight is 824 g/mol. The summed E-state index contributed by atoms with van der Waals surface area (Å²) in [6, 6.07) is 9.92. The van der Waals surface area contributed by atoms with Gasteiger partial charge in [0.15, 0.2) is 5.00 Å². The van der Waals surface area contributed by atoms with Crippen LogP contribution in [0.5, 0.6) is 0 Å². The Morgan fingerprint density at radius 3 is 2.03 bits per heavy atom. The molecule has 2 aromatic rings. The number of hydrogen-bond acceptors (Lipinski definition) is 13. The zero-order chi connectivity index (χ0) is 42.2. The van der Waals surface area contributed by atoms with Crippen molar-refractivity contribution >= 4 is 39.7 Å². The summed E-state index contributed by atoms with van der Waals surface area (Å²) in [4.78, 5) is 26.8. The van der Waals surface area contributed by atoms with Gasteiger partial charge in [-0.1, -0.05) is 83.3 Å². The monoisotopic (exact) mass is 823 g/mol. The summed E-state index contributed by atoms with van der Waals surface area (Å²) in [5.41, 5.74) is 3.32. The first-order valence-electron chi connectivity index (χ1n) is 20.8. The number of thiophene rings is 1. The molecule has 0 fully saturated rings. The molecule has 58 heavy (non-hydrogen) atoms. The van der Waals surface area contributed by atoms with Crippen LogP contribution in [0.2, 0.25) is 0 Å². The molecule has 0 spiro atoms. The van der Waals surface area contributed by atoms with Crippen LogP contribution < -0.4 is 4.90 Å². The molecule has 0 aliphatic carbocycles. The Balaban J connectivity index is 1.78. The van der Waals surface area contributed by atoms with Crippen molar-refractivity contribution in [2.24, 2.45) is 16.1 Å². The van der Waals surface area contributed by atoms with E-state index in [0.717, 1.165) is 35.4 Å². The number of carbonyl (C=O) groups excluding carboxylic acids is 1. The number of anilines is 1. The molecule has 1 aromatic carbocycles. The van der Waals surface area contributed by atoms with E-state index in [2.05, 4.69) is 34.2 Å². The minimum Gasteiger partial charge on any atom is -0.481 e. The Kier molecular flexibility index (Phi) is 27.4. The standard InChI is InChI=1S/C44H65N5O8S/c1-4-5-6-7-8-9-10-11-12-13-14-15-16-17-18-37(44(52)53)32-42(51)57-30-29-55-25-22-49(21-24-54-27-28-56-26-23-50)38-19-20-40(35(2)31-38)47-48-43-39(33-45)36(3)41(34-46)58-43/h16-17,19-20,31,37,50H,4-15,18,21-30,32H2,1-3H3,(H,52,53)/b17-16+,48-47+. The number of aliphatic hydroxyl groups excluding tert-OH is 1. The lowest BCUT2D eigenvalue weighted by Gasteiger charge is -2.25. The van der Waals surface area contributed by atoms with Crippen molar-refractivity contribution in [3.05, 3.63) is 51.9 Å². The van der Waals surface area contributed by atoms with Crippen molar-refractivity contribution in [1.29, 1.82) is 10.5 Å². The first-order valence-corrected chi connectivity index (χ1v) is 21.7. The highest BCUT2D eigenvalue weighted by Crippen LogP contribution is 2.36. The molecule has 13 nitrogen and oxygen atoms in total. The molecule has 1 heterocycles. The van der Waals surface area contributed by atoms with Gasteiger partial charge < -0.3 is 34.1 Å². The number of carboxylic acids is 1. The van der Waals surface area contributed by atoms with Gasteiger partial charge in [0.05, 0.1) is 69.8 Å². The Morgan fingerprint density at radius 1 is 0.828 bits per heavy atom. The molecule has 320 valence electrons. The Morgan fingerprint density at radius 2 is 1.45 bits per heavy atom. The van der Waals surface area contributed by atoms with E-state index in [1.54, 1.807) is 6.92 Å². The van der Waals surface area contributed by atoms with Crippen LogP contribution in [0.25, 0.3) is 0 Å². The predicted molar refractivity (Wildman–Crippen MR) is 227 cm³/mol. The van der Waals surface area contributed by atoms with Gasteiger partial charge in [-0.2, -0.15) is 10.5 Å². The van der Waals surface area contributed by atoms with E-state index in [-0.39, 0.29) is 39.3 Å². The van der Waals surface area contributed by atoms with Gasteiger partial charge in [0.2, 0.25) is 0 Å². The fourth-order valence-electron chi connectivity index (χ4n) is 6.11. The number of hydrogen-bond donors (Lipinski definition) is 2. The molecule has 0 aliphatic rings. The van der Waals surface area contributed by atoms with Gasteiger partial charge in [-0.15, -0.1) is 21.6 Å². The van der Waals surface area contributed by atoms with Crippen LogP contribution in [-0.2, 0) is 28.5 Å². The molecule has 14 heteroatoms. The van der Waals surface area contributed by atoms with E-state index in [1.165, 1.54) is 64.2 Å². The third kappa shape index (κ3) is 21.0. The second-order valence-electron chi connectivity index (χ2n) is 14.2. The van der Waals surface area contributed by atoms with Crippen LogP contribution in [0.4, 0.5) is 16.4 Å². The molecule has 1 atom stereocenters. The molecule has 0 bridgehead atoms. The number of aryl methyl sites for hydroxylation is 1. The Bertz CT molecular complexity index is 1620. The number of unbranched alkanes of at least 4 members (excludes halogenated alkanes) is 11. The third-order valence-corrected chi connectivity index (χ3v) is 10.6. The summed E-state index contributed by atoms with van der Waals surface area (Å²) in [5.74, 6) is -2.41. The SMILES string of the molecule is CCCCCCCCCCCCC/C=C/CC(CC(=O)OCCOCCN(CCOCCOCCO)c1ccc(/N=N/c2sc(C#N)c(C)c2C#N)c(C)c1)C(=O)O. The normalized spacial score (nSPS) is 11.9. The van der Waals surface area contributed by atoms with E-state index in [4.69, 9.17) is 24.1 Å². The number of aliphatic carboxylic acids is 1. The maximum Gasteiger partial charge on any atom is 0.307 e. The summed E-state index contributed by atoms with van der Waals surface area (Å²) < 4.78 is 22.1. The van der Waals surface area contributed by atoms with Crippen molar-refractivity contribution < 1.29 is 38.7 Å². The van der Waals surface area contributed by atoms with Crippen LogP contribution in [0.3, 0.4) is 0 Å². The molecular weight excluding hydrogens is 759 g/mol. The van der Waals surface area contributed by atoms with Gasteiger partial charge in [-0.25, -0.2) is 0 Å². The van der Waals surface area contributed by atoms with Gasteiger partial charge in [-0.05, 0) is 62.4 Å². The predicted octanol–water partition coefficient (Wildman–Crippen LogP) is 9.65. The summed E-state index contributed by atoms with van der Waals surface area (Å²) in [6.45, 7) is 8.80. The number of nitrogens with zero attached hydrogens (tertiary/aromatic N) is 5. The third-order valence-electron chi connectivity index (χ3n) is 9.57. The van der Waals surface area contributed by atoms with Crippen molar-refractivity contribution in [2.45, 2.75) is 111 Å². The maximum absolute atomic E-state index is 12.5. The van der Waals surface area contributed by atoms with E-state index in [9.17, 15) is 25.2 Å². The largest absolute Gasteiger partial charge is 0.481 e. The van der Waals surface area contributed by atoms with Gasteiger partial charge in [0.1, 0.15) is 23.6 Å². The van der Waals surface area contributed by atoms with Gasteiger partial charge in [0, 0.05) is 18.8 Å². The van der Waals surface area contributed by atoms with E-state index in [1.807, 2.05) is 37.3 Å². The molecule has 0 aliphatic heterocycles. The minimum absolute atomic E-state index is 0.0166. The Hall–Kier alpha value is -4.18. The van der Waals surface area contributed by atoms with Crippen LogP contribution in [0, 0.1) is 42.4 Å². The number of carboxylic acid groups (broad SMARTS) is 1. The summed E-state index contributed by atoms with van der Waals surface area (Å²) >= 11 is 1.13. The zero-order valence-electron chi connectivity index (χ0n) is 34.9. The van der Waals surface area contributed by atoms with Crippen molar-refractivity contribution in [2.75, 3.05) is 70.8 Å². The lowest BCUT2D eigenvalue weighted by atomic mass is 10.0. The summed E-state index contributed by atoms with van der Waals surface area (Å²) in [6.07, 6.45) is 19.1. The molecule has 2 rings (SSSR count). The molecule has 0 saturated heterocycles. The van der Waals surface area contributed by atoms with Crippen molar-refractivity contribution in [3.63, 3.8) is 0 Å². The number of rotatable bonds is 34. The number of azo groups is 1. The van der Waals surface area contributed by atoms with Crippen molar-refractivity contribution in [1.82, 2.24) is 0 Å². The highest BCUT2D eigenvalue weighted by molar-refractivity contribution is 7.16. The molecule has 1 unspecified atom stereocenters. The lowest BCUT2D eigenvalue weighted by molar-refractivity contribution is -0.152. The zero-order valence-corrected chi connectivity index (χ0v) is 35.7. The Labute approximate surface area is 349 Å². The van der Waals surface area contributed by atoms with E-state index in [0.29, 0.717) is 66.2 Å². The maximum atomic E-state index is 12.5. The number of esters is 1. The molecule has 0 amide bonds. The molecule has 0 radical (unpaired) electrons. The average Bonchev–Trinajstić information content (AvgIpc) is 3.53. The number of carbonyl (C=O) groups is 2. The second-order valence-corrected chi connectivity index (χ2v) is 15.2. The van der Waals surface area contributed by atoms with Crippen LogP contribution >= 0.6 is 11.3 Å². The number of ether oxygens (including phenoxy) is 4. The molecule has 1 aromatic heterocycles. The quantitative estimate of drug-likeness (QED) is 0.0296. The van der Waals surface area contributed by atoms with Gasteiger partial charge in [-0.3, -0.25) is 9.59 Å². The topological polar surface area (TPSA) is 187 Å². The van der Waals surface area contributed by atoms with Gasteiger partial charge in [0.25, 0.3) is 0 Å². The van der Waals surface area contributed by atoms with E-state index >= 15 is 0 Å². The first kappa shape index (κ1) is 50.0. The highest BCUT2D eigenvalue weighted by atomic mass is 32.1. The van der Waals surface area contributed by atoms with Crippen LogP contribution in [0.15, 0.2) is 40.6 Å². The smallest absolute Gasteiger partial charge is 0.307 e. The number of nitriles is 2. The number of benzene rings is 1. The number of aliphatic hydroxyl groups is 1. The summed E-state index contributed by atoms with van der Waals surface area (Å²) in [7, 11) is 0. The van der Waals surface area contributed by atoms with Crippen molar-refractivity contribution in [3.8, 4) is 12.1 Å². The molecule has 2 N–H and O–H groups in total. The first-order chi connectivity index (χ1) is 28.2. The minimum atomic E-state index is -1.01. The molecule has 0 saturated carbocycles. The fraction of sp³-hybridized carbons (Fsp3) is 0.636.